The fourth-order valence-corrected chi connectivity index (χ4v) is 1.34. The third-order valence-electron chi connectivity index (χ3n) is 1.52. The van der Waals surface area contributed by atoms with Crippen LogP contribution in [-0.2, 0) is 0 Å². The summed E-state index contributed by atoms with van der Waals surface area (Å²) in [5, 5.41) is 10.4. The van der Waals surface area contributed by atoms with Crippen LogP contribution in [0.25, 0.3) is 0 Å². The molecule has 2 rings (SSSR count). The Balaban J connectivity index is 2.11. The van der Waals surface area contributed by atoms with Crippen LogP contribution in [0, 0.1) is 0 Å². The fraction of sp³-hybridized carbons (Fsp3) is 0. The topological polar surface area (TPSA) is 67.8 Å². The normalized spacial score (nSPS) is 9.71. The SMILES string of the molecule is O=C(Nc1nncs1)c1ccncc1. The third kappa shape index (κ3) is 1.91. The molecule has 0 aliphatic carbocycles. The Morgan fingerprint density at radius 3 is 2.79 bits per heavy atom. The van der Waals surface area contributed by atoms with E-state index in [1.165, 1.54) is 11.3 Å². The zero-order valence-electron chi connectivity index (χ0n) is 7.04. The van der Waals surface area contributed by atoms with Gasteiger partial charge in [0.05, 0.1) is 0 Å². The van der Waals surface area contributed by atoms with Crippen molar-refractivity contribution in [2.24, 2.45) is 0 Å². The lowest BCUT2D eigenvalue weighted by Gasteiger charge is -1.98. The van der Waals surface area contributed by atoms with Crippen molar-refractivity contribution in [3.8, 4) is 0 Å². The molecule has 0 aliphatic heterocycles. The Morgan fingerprint density at radius 1 is 1.36 bits per heavy atom. The van der Waals surface area contributed by atoms with Gasteiger partial charge < -0.3 is 0 Å². The molecule has 2 aromatic rings. The number of hydrogen-bond donors (Lipinski definition) is 1. The Hall–Kier alpha value is -1.82. The first kappa shape index (κ1) is 8.76. The van der Waals surface area contributed by atoms with Gasteiger partial charge in [-0.1, -0.05) is 11.3 Å². The molecule has 5 nitrogen and oxygen atoms in total. The number of aromatic nitrogens is 3. The maximum absolute atomic E-state index is 11.5. The van der Waals surface area contributed by atoms with Crippen molar-refractivity contribution >= 4 is 22.4 Å². The minimum Gasteiger partial charge on any atom is -0.296 e. The molecular weight excluding hydrogens is 200 g/mol. The number of amides is 1. The van der Waals surface area contributed by atoms with Crippen LogP contribution in [-0.4, -0.2) is 21.1 Å². The van der Waals surface area contributed by atoms with Crippen molar-refractivity contribution in [1.29, 1.82) is 0 Å². The Kier molecular flexibility index (Phi) is 2.46. The maximum Gasteiger partial charge on any atom is 0.257 e. The molecular formula is C8H6N4OS. The average molecular weight is 206 g/mol. The number of nitrogens with one attached hydrogen (secondary N) is 1. The molecule has 14 heavy (non-hydrogen) atoms. The highest BCUT2D eigenvalue weighted by molar-refractivity contribution is 7.13. The first-order chi connectivity index (χ1) is 6.86. The van der Waals surface area contributed by atoms with Crippen LogP contribution in [0.1, 0.15) is 10.4 Å². The smallest absolute Gasteiger partial charge is 0.257 e. The van der Waals surface area contributed by atoms with Crippen molar-refractivity contribution in [3.63, 3.8) is 0 Å². The summed E-state index contributed by atoms with van der Waals surface area (Å²) in [5.74, 6) is -0.204. The third-order valence-corrected chi connectivity index (χ3v) is 2.13. The van der Waals surface area contributed by atoms with E-state index in [0.717, 1.165) is 0 Å². The molecule has 0 aromatic carbocycles. The summed E-state index contributed by atoms with van der Waals surface area (Å²) < 4.78 is 0. The molecule has 2 aromatic heterocycles. The van der Waals surface area contributed by atoms with Crippen molar-refractivity contribution in [2.45, 2.75) is 0 Å². The highest BCUT2D eigenvalue weighted by Gasteiger charge is 2.06. The van der Waals surface area contributed by atoms with Gasteiger partial charge in [-0.3, -0.25) is 15.1 Å². The predicted octanol–water partition coefficient (Wildman–Crippen LogP) is 1.19. The van der Waals surface area contributed by atoms with E-state index in [-0.39, 0.29) is 5.91 Å². The Morgan fingerprint density at radius 2 is 2.14 bits per heavy atom. The van der Waals surface area contributed by atoms with E-state index >= 15 is 0 Å². The lowest BCUT2D eigenvalue weighted by atomic mass is 10.2. The number of carbonyl (C=O) groups is 1. The summed E-state index contributed by atoms with van der Waals surface area (Å²) in [5.41, 5.74) is 2.11. The number of carbonyl (C=O) groups excluding carboxylic acids is 1. The van der Waals surface area contributed by atoms with Gasteiger partial charge in [-0.2, -0.15) is 0 Å². The van der Waals surface area contributed by atoms with Gasteiger partial charge in [0.15, 0.2) is 0 Å². The van der Waals surface area contributed by atoms with E-state index in [0.29, 0.717) is 10.7 Å². The van der Waals surface area contributed by atoms with E-state index in [9.17, 15) is 4.79 Å². The largest absolute Gasteiger partial charge is 0.296 e. The number of rotatable bonds is 2. The van der Waals surface area contributed by atoms with Gasteiger partial charge in [0.1, 0.15) is 5.51 Å². The molecule has 0 bridgehead atoms. The van der Waals surface area contributed by atoms with E-state index in [1.807, 2.05) is 0 Å². The van der Waals surface area contributed by atoms with Gasteiger partial charge >= 0.3 is 0 Å². The molecule has 0 radical (unpaired) electrons. The van der Waals surface area contributed by atoms with Crippen LogP contribution in [0.5, 0.6) is 0 Å². The standard InChI is InChI=1S/C8H6N4OS/c13-7(6-1-3-9-4-2-6)11-8-12-10-5-14-8/h1-5H,(H,11,12,13). The van der Waals surface area contributed by atoms with Gasteiger partial charge in [0, 0.05) is 18.0 Å². The molecule has 0 unspecified atom stereocenters. The van der Waals surface area contributed by atoms with Crippen LogP contribution in [0.3, 0.4) is 0 Å². The summed E-state index contributed by atoms with van der Waals surface area (Å²) in [6.45, 7) is 0. The molecule has 2 heterocycles. The first-order valence-corrected chi connectivity index (χ1v) is 4.72. The number of anilines is 1. The van der Waals surface area contributed by atoms with Gasteiger partial charge in [0.2, 0.25) is 5.13 Å². The van der Waals surface area contributed by atoms with Crippen LogP contribution in [0.2, 0.25) is 0 Å². The highest BCUT2D eigenvalue weighted by atomic mass is 32.1. The predicted molar refractivity (Wildman–Crippen MR) is 52.1 cm³/mol. The lowest BCUT2D eigenvalue weighted by Crippen LogP contribution is -2.11. The van der Waals surface area contributed by atoms with Gasteiger partial charge in [0.25, 0.3) is 5.91 Å². The van der Waals surface area contributed by atoms with Crippen LogP contribution < -0.4 is 5.32 Å². The average Bonchev–Trinajstić information content (AvgIpc) is 2.72. The number of hydrogen-bond acceptors (Lipinski definition) is 5. The number of pyridine rings is 1. The summed E-state index contributed by atoms with van der Waals surface area (Å²) in [7, 11) is 0. The van der Waals surface area contributed by atoms with E-state index < -0.39 is 0 Å². The molecule has 1 N–H and O–H groups in total. The molecule has 0 saturated heterocycles. The first-order valence-electron chi connectivity index (χ1n) is 3.84. The molecule has 6 heteroatoms. The quantitative estimate of drug-likeness (QED) is 0.801. The van der Waals surface area contributed by atoms with E-state index in [4.69, 9.17) is 0 Å². The minimum absolute atomic E-state index is 0.204. The second-order valence-corrected chi connectivity index (χ2v) is 3.27. The molecule has 70 valence electrons. The second-order valence-electron chi connectivity index (χ2n) is 2.43. The zero-order valence-corrected chi connectivity index (χ0v) is 7.86. The van der Waals surface area contributed by atoms with Gasteiger partial charge in [-0.05, 0) is 12.1 Å². The van der Waals surface area contributed by atoms with Crippen molar-refractivity contribution in [3.05, 3.63) is 35.6 Å². The van der Waals surface area contributed by atoms with Crippen molar-refractivity contribution < 1.29 is 4.79 Å². The summed E-state index contributed by atoms with van der Waals surface area (Å²) >= 11 is 1.28. The maximum atomic E-state index is 11.5. The van der Waals surface area contributed by atoms with Gasteiger partial charge in [-0.15, -0.1) is 10.2 Å². The summed E-state index contributed by atoms with van der Waals surface area (Å²) in [4.78, 5) is 15.3. The van der Waals surface area contributed by atoms with E-state index in [2.05, 4.69) is 20.5 Å². The van der Waals surface area contributed by atoms with Gasteiger partial charge in [-0.25, -0.2) is 0 Å². The van der Waals surface area contributed by atoms with Crippen molar-refractivity contribution in [2.75, 3.05) is 5.32 Å². The molecule has 1 amide bonds. The van der Waals surface area contributed by atoms with Crippen molar-refractivity contribution in [1.82, 2.24) is 15.2 Å². The Labute approximate surface area is 83.8 Å². The summed E-state index contributed by atoms with van der Waals surface area (Å²) in [6.07, 6.45) is 3.13. The Bertz CT molecular complexity index is 414. The molecule has 0 fully saturated rings. The lowest BCUT2D eigenvalue weighted by molar-refractivity contribution is 0.102. The molecule has 0 spiro atoms. The molecule has 0 atom stereocenters. The zero-order chi connectivity index (χ0) is 9.80. The van der Waals surface area contributed by atoms with Crippen LogP contribution in [0.15, 0.2) is 30.0 Å². The molecule has 0 saturated carbocycles. The minimum atomic E-state index is -0.204. The van der Waals surface area contributed by atoms with E-state index in [1.54, 1.807) is 30.0 Å². The fourth-order valence-electron chi connectivity index (χ4n) is 0.900. The second kappa shape index (κ2) is 3.93. The summed E-state index contributed by atoms with van der Waals surface area (Å²) in [6, 6.07) is 3.27. The molecule has 0 aliphatic rings. The number of nitrogens with zero attached hydrogens (tertiary/aromatic N) is 3. The van der Waals surface area contributed by atoms with Crippen LogP contribution in [0.4, 0.5) is 5.13 Å². The monoisotopic (exact) mass is 206 g/mol. The van der Waals surface area contributed by atoms with Crippen LogP contribution >= 0.6 is 11.3 Å². The highest BCUT2D eigenvalue weighted by Crippen LogP contribution is 2.09.